The lowest BCUT2D eigenvalue weighted by molar-refractivity contribution is -0.167. The normalized spacial score (nSPS) is 13.0. The molecule has 73 heavy (non-hydrogen) atoms. The Morgan fingerprint density at radius 1 is 0.288 bits per heavy atom. The molecule has 6 nitrogen and oxygen atoms in total. The first-order valence-corrected chi connectivity index (χ1v) is 30.0. The molecule has 0 aliphatic carbocycles. The molecule has 0 aromatic rings. The highest BCUT2D eigenvalue weighted by Gasteiger charge is 2.19. The third-order valence-corrected chi connectivity index (χ3v) is 12.4. The van der Waals surface area contributed by atoms with Crippen molar-refractivity contribution in [1.82, 2.24) is 0 Å². The van der Waals surface area contributed by atoms with E-state index in [-0.39, 0.29) is 37.5 Å². The minimum absolute atomic E-state index is 0.111. The molecule has 0 heterocycles. The van der Waals surface area contributed by atoms with Crippen LogP contribution in [0.2, 0.25) is 0 Å². The van der Waals surface area contributed by atoms with Gasteiger partial charge in [0.05, 0.1) is 0 Å². The summed E-state index contributed by atoms with van der Waals surface area (Å²) in [5.74, 6) is -0.995. The molecule has 0 radical (unpaired) electrons. The van der Waals surface area contributed by atoms with Gasteiger partial charge in [0.1, 0.15) is 13.2 Å². The number of hydrogen-bond donors (Lipinski definition) is 0. The zero-order chi connectivity index (χ0) is 52.9. The number of allylic oxidation sites excluding steroid dienone is 20. The summed E-state index contributed by atoms with van der Waals surface area (Å²) in [7, 11) is 0. The fraction of sp³-hybridized carbons (Fsp3) is 0.657. The first-order chi connectivity index (χ1) is 36.0. The topological polar surface area (TPSA) is 78.9 Å². The van der Waals surface area contributed by atoms with Crippen molar-refractivity contribution in [3.05, 3.63) is 122 Å². The number of carbonyl (C=O) groups excluding carboxylic acids is 3. The van der Waals surface area contributed by atoms with E-state index in [1.807, 2.05) is 0 Å². The molecule has 414 valence electrons. The largest absolute Gasteiger partial charge is 0.462 e. The highest BCUT2D eigenvalue weighted by atomic mass is 16.6. The van der Waals surface area contributed by atoms with Crippen LogP contribution in [0.3, 0.4) is 0 Å². The van der Waals surface area contributed by atoms with Crippen LogP contribution in [0.25, 0.3) is 0 Å². The molecule has 0 aromatic heterocycles. The Kier molecular flexibility index (Phi) is 56.9. The summed E-state index contributed by atoms with van der Waals surface area (Å²) in [5, 5.41) is 0. The monoisotopic (exact) mass is 1010 g/mol. The molecule has 0 saturated heterocycles. The maximum Gasteiger partial charge on any atom is 0.306 e. The smallest absolute Gasteiger partial charge is 0.306 e. The number of ether oxygens (including phenoxy) is 3. The minimum atomic E-state index is -0.822. The molecule has 0 fully saturated rings. The lowest BCUT2D eigenvalue weighted by Crippen LogP contribution is -2.30. The third kappa shape index (κ3) is 58.6. The predicted octanol–water partition coefficient (Wildman–Crippen LogP) is 20.4. The fourth-order valence-electron chi connectivity index (χ4n) is 7.99. The van der Waals surface area contributed by atoms with Crippen LogP contribution in [-0.4, -0.2) is 37.2 Å². The highest BCUT2D eigenvalue weighted by molar-refractivity contribution is 5.71. The average Bonchev–Trinajstić information content (AvgIpc) is 3.39. The first kappa shape index (κ1) is 68.8. The molecule has 0 rings (SSSR count). The van der Waals surface area contributed by atoms with Crippen molar-refractivity contribution < 1.29 is 28.6 Å². The van der Waals surface area contributed by atoms with E-state index >= 15 is 0 Å². The fourth-order valence-corrected chi connectivity index (χ4v) is 7.99. The van der Waals surface area contributed by atoms with E-state index in [0.717, 1.165) is 116 Å². The van der Waals surface area contributed by atoms with Crippen LogP contribution in [0.15, 0.2) is 122 Å². The summed E-state index contributed by atoms with van der Waals surface area (Å²) < 4.78 is 16.8. The van der Waals surface area contributed by atoms with Gasteiger partial charge >= 0.3 is 17.9 Å². The van der Waals surface area contributed by atoms with Crippen LogP contribution in [0, 0.1) is 0 Å². The van der Waals surface area contributed by atoms with Gasteiger partial charge in [-0.25, -0.2) is 0 Å². The lowest BCUT2D eigenvalue weighted by Gasteiger charge is -2.18. The molecule has 1 atom stereocenters. The molecule has 0 aliphatic rings. The molecule has 0 aromatic carbocycles. The maximum atomic E-state index is 12.9. The molecule has 0 spiro atoms. The van der Waals surface area contributed by atoms with Crippen molar-refractivity contribution in [2.75, 3.05) is 13.2 Å². The Labute approximate surface area is 450 Å². The van der Waals surface area contributed by atoms with Gasteiger partial charge in [-0.2, -0.15) is 0 Å². The SMILES string of the molecule is CC/C=C\C/C=C\C/C=C\C/C=C\C/C=C\CCCC(=O)O[C@H](COC(=O)CCCCCC/C=C\C/C=C\C/C=C\C/C=C\CC)COC(=O)CCCCCCCCCCCCC/C=C\CCCCCCCC. The maximum absolute atomic E-state index is 12.9. The second-order valence-electron chi connectivity index (χ2n) is 19.5. The Morgan fingerprint density at radius 3 is 0.890 bits per heavy atom. The van der Waals surface area contributed by atoms with Gasteiger partial charge < -0.3 is 14.2 Å². The van der Waals surface area contributed by atoms with Gasteiger partial charge in [0, 0.05) is 19.3 Å². The van der Waals surface area contributed by atoms with E-state index in [0.29, 0.717) is 19.3 Å². The Bertz CT molecular complexity index is 1540. The average molecular weight is 1010 g/mol. The van der Waals surface area contributed by atoms with Crippen LogP contribution in [-0.2, 0) is 28.6 Å². The van der Waals surface area contributed by atoms with Gasteiger partial charge in [-0.3, -0.25) is 14.4 Å². The van der Waals surface area contributed by atoms with E-state index < -0.39 is 6.10 Å². The van der Waals surface area contributed by atoms with Crippen LogP contribution in [0.1, 0.15) is 265 Å². The molecule has 0 aliphatic heterocycles. The molecule has 0 bridgehead atoms. The van der Waals surface area contributed by atoms with Crippen molar-refractivity contribution in [3.8, 4) is 0 Å². The van der Waals surface area contributed by atoms with E-state index in [2.05, 4.69) is 142 Å². The minimum Gasteiger partial charge on any atom is -0.462 e. The number of esters is 3. The van der Waals surface area contributed by atoms with Crippen LogP contribution in [0.5, 0.6) is 0 Å². The second kappa shape index (κ2) is 60.4. The molecule has 0 saturated carbocycles. The predicted molar refractivity (Wildman–Crippen MR) is 316 cm³/mol. The van der Waals surface area contributed by atoms with E-state index in [9.17, 15) is 14.4 Å². The van der Waals surface area contributed by atoms with Crippen LogP contribution < -0.4 is 0 Å². The summed E-state index contributed by atoms with van der Waals surface area (Å²) in [6.07, 6.45) is 83.4. The van der Waals surface area contributed by atoms with Gasteiger partial charge in [-0.15, -0.1) is 0 Å². The van der Waals surface area contributed by atoms with Crippen LogP contribution in [0.4, 0.5) is 0 Å². The zero-order valence-electron chi connectivity index (χ0n) is 47.4. The van der Waals surface area contributed by atoms with E-state index in [1.165, 1.54) is 103 Å². The summed E-state index contributed by atoms with van der Waals surface area (Å²) >= 11 is 0. The Morgan fingerprint density at radius 2 is 0.548 bits per heavy atom. The van der Waals surface area contributed by atoms with Gasteiger partial charge in [0.2, 0.25) is 0 Å². The summed E-state index contributed by atoms with van der Waals surface area (Å²) in [6, 6.07) is 0. The summed E-state index contributed by atoms with van der Waals surface area (Å²) in [4.78, 5) is 38.2. The van der Waals surface area contributed by atoms with Gasteiger partial charge in [-0.05, 0) is 122 Å². The number of rotatable bonds is 53. The standard InChI is InChI=1S/C67H110O6/c1-4-7-10-13-16-19-22-25-28-31-32-33-34-37-39-42-45-48-51-54-57-60-66(69)72-63-64(73-67(70)61-58-55-52-49-46-43-40-36-30-27-24-21-18-15-12-9-6-3)62-71-65(68)59-56-53-50-47-44-41-38-35-29-26-23-20-17-14-11-8-5-2/h8-9,11-12,17-18,20-21,25-30,38,40-41,43,49,52,64H,4-7,10,13-16,19,22-24,31-37,39,42,44-48,50-51,53-63H2,1-3H3/b11-8-,12-9-,20-17-,21-18-,28-25-,29-26-,30-27-,41-38-,43-40-,52-49-/t64-/m1/s1. The molecular weight excluding hydrogens is 901 g/mol. The third-order valence-electron chi connectivity index (χ3n) is 12.4. The van der Waals surface area contributed by atoms with Gasteiger partial charge in [0.15, 0.2) is 6.10 Å². The van der Waals surface area contributed by atoms with Crippen molar-refractivity contribution in [2.45, 2.75) is 271 Å². The van der Waals surface area contributed by atoms with Gasteiger partial charge in [0.25, 0.3) is 0 Å². The van der Waals surface area contributed by atoms with Crippen molar-refractivity contribution >= 4 is 17.9 Å². The number of carbonyl (C=O) groups is 3. The molecule has 0 N–H and O–H groups in total. The van der Waals surface area contributed by atoms with Crippen molar-refractivity contribution in [2.24, 2.45) is 0 Å². The van der Waals surface area contributed by atoms with Crippen molar-refractivity contribution in [1.29, 1.82) is 0 Å². The van der Waals surface area contributed by atoms with Crippen molar-refractivity contribution in [3.63, 3.8) is 0 Å². The highest BCUT2D eigenvalue weighted by Crippen LogP contribution is 2.15. The second-order valence-corrected chi connectivity index (χ2v) is 19.5. The lowest BCUT2D eigenvalue weighted by atomic mass is 10.0. The Hall–Kier alpha value is -4.19. The molecule has 0 amide bonds. The van der Waals surface area contributed by atoms with E-state index in [4.69, 9.17) is 14.2 Å². The van der Waals surface area contributed by atoms with Gasteiger partial charge in [-0.1, -0.05) is 245 Å². The molecule has 0 unspecified atom stereocenters. The first-order valence-electron chi connectivity index (χ1n) is 30.0. The van der Waals surface area contributed by atoms with E-state index in [1.54, 1.807) is 0 Å². The molecular formula is C67H110O6. The summed E-state index contributed by atoms with van der Waals surface area (Å²) in [6.45, 7) is 6.35. The summed E-state index contributed by atoms with van der Waals surface area (Å²) in [5.41, 5.74) is 0. The number of unbranched alkanes of at least 4 members (excludes halogenated alkanes) is 22. The quantitative estimate of drug-likeness (QED) is 0.0261. The Balaban J connectivity index is 4.49. The molecule has 6 heteroatoms. The number of hydrogen-bond acceptors (Lipinski definition) is 6. The van der Waals surface area contributed by atoms with Crippen LogP contribution >= 0.6 is 0 Å². The zero-order valence-corrected chi connectivity index (χ0v) is 47.4.